The minimum atomic E-state index is -0.106. The van der Waals surface area contributed by atoms with Gasteiger partial charge < -0.3 is 15.5 Å². The normalized spacial score (nSPS) is 22.7. The molecule has 0 radical (unpaired) electrons. The molecule has 1 fully saturated rings. The standard InChI is InChI=1S/C14H22N2O2.ClH/c1-9-7-10(2)18-13(9)14(17)16-12-6-4-3-5-11(12)8-15;/h7,11-12H,3-6,8,15H2,1-2H3,(H,16,17);1H. The summed E-state index contributed by atoms with van der Waals surface area (Å²) in [5.41, 5.74) is 6.66. The predicted molar refractivity (Wildman–Crippen MR) is 77.7 cm³/mol. The summed E-state index contributed by atoms with van der Waals surface area (Å²) in [6, 6.07) is 2.08. The highest BCUT2D eigenvalue weighted by molar-refractivity contribution is 5.93. The monoisotopic (exact) mass is 286 g/mol. The molecule has 5 heteroatoms. The molecule has 1 aromatic heterocycles. The van der Waals surface area contributed by atoms with E-state index in [4.69, 9.17) is 10.2 Å². The molecule has 0 aliphatic heterocycles. The first kappa shape index (κ1) is 16.1. The van der Waals surface area contributed by atoms with Gasteiger partial charge in [-0.25, -0.2) is 0 Å². The van der Waals surface area contributed by atoms with Gasteiger partial charge in [-0.2, -0.15) is 0 Å². The van der Waals surface area contributed by atoms with Crippen LogP contribution in [0.3, 0.4) is 0 Å². The van der Waals surface area contributed by atoms with Crippen molar-refractivity contribution in [2.45, 2.75) is 45.6 Å². The molecule has 19 heavy (non-hydrogen) atoms. The first-order valence-electron chi connectivity index (χ1n) is 6.69. The Morgan fingerprint density at radius 3 is 2.68 bits per heavy atom. The number of rotatable bonds is 3. The Morgan fingerprint density at radius 1 is 1.42 bits per heavy atom. The van der Waals surface area contributed by atoms with Gasteiger partial charge in [0.1, 0.15) is 5.76 Å². The fraction of sp³-hybridized carbons (Fsp3) is 0.643. The number of amides is 1. The van der Waals surface area contributed by atoms with E-state index in [9.17, 15) is 4.79 Å². The number of hydrogen-bond acceptors (Lipinski definition) is 3. The molecule has 0 spiro atoms. The Balaban J connectivity index is 0.00000180. The first-order valence-corrected chi connectivity index (χ1v) is 6.69. The third-order valence-corrected chi connectivity index (χ3v) is 3.78. The molecule has 2 unspecified atom stereocenters. The lowest BCUT2D eigenvalue weighted by Crippen LogP contribution is -2.44. The van der Waals surface area contributed by atoms with Crippen LogP contribution in [0.15, 0.2) is 10.5 Å². The Labute approximate surface area is 120 Å². The third-order valence-electron chi connectivity index (χ3n) is 3.78. The van der Waals surface area contributed by atoms with Crippen LogP contribution in [0.4, 0.5) is 0 Å². The number of carbonyl (C=O) groups is 1. The average Bonchev–Trinajstić information content (AvgIpc) is 2.69. The summed E-state index contributed by atoms with van der Waals surface area (Å²) in [6.07, 6.45) is 4.51. The van der Waals surface area contributed by atoms with Gasteiger partial charge in [0.2, 0.25) is 0 Å². The lowest BCUT2D eigenvalue weighted by molar-refractivity contribution is 0.0877. The highest BCUT2D eigenvalue weighted by atomic mass is 35.5. The zero-order chi connectivity index (χ0) is 13.1. The van der Waals surface area contributed by atoms with Crippen LogP contribution in [-0.4, -0.2) is 18.5 Å². The Kier molecular flexibility index (Phi) is 5.88. The topological polar surface area (TPSA) is 68.3 Å². The highest BCUT2D eigenvalue weighted by Crippen LogP contribution is 2.24. The van der Waals surface area contributed by atoms with Crippen LogP contribution < -0.4 is 11.1 Å². The maximum absolute atomic E-state index is 12.2. The Morgan fingerprint density at radius 2 is 2.11 bits per heavy atom. The van der Waals surface area contributed by atoms with Crippen LogP contribution in [0.25, 0.3) is 0 Å². The van der Waals surface area contributed by atoms with Crippen molar-refractivity contribution in [1.29, 1.82) is 0 Å². The quantitative estimate of drug-likeness (QED) is 0.897. The molecule has 1 amide bonds. The van der Waals surface area contributed by atoms with Gasteiger partial charge in [0.05, 0.1) is 0 Å². The van der Waals surface area contributed by atoms with E-state index in [0.29, 0.717) is 18.2 Å². The minimum absolute atomic E-state index is 0. The average molecular weight is 287 g/mol. The number of nitrogens with one attached hydrogen (secondary N) is 1. The van der Waals surface area contributed by atoms with Crippen LogP contribution in [-0.2, 0) is 0 Å². The van der Waals surface area contributed by atoms with Crippen LogP contribution >= 0.6 is 12.4 Å². The van der Waals surface area contributed by atoms with Crippen molar-refractivity contribution in [3.63, 3.8) is 0 Å². The molecule has 2 atom stereocenters. The molecule has 1 heterocycles. The summed E-state index contributed by atoms with van der Waals surface area (Å²) in [7, 11) is 0. The zero-order valence-electron chi connectivity index (χ0n) is 11.6. The summed E-state index contributed by atoms with van der Waals surface area (Å²) in [5.74, 6) is 1.51. The number of aryl methyl sites for hydroxylation is 2. The molecule has 0 saturated heterocycles. The minimum Gasteiger partial charge on any atom is -0.456 e. The summed E-state index contributed by atoms with van der Waals surface area (Å²) < 4.78 is 5.44. The molecule has 0 aromatic carbocycles. The molecule has 2 rings (SSSR count). The van der Waals surface area contributed by atoms with E-state index in [1.165, 1.54) is 6.42 Å². The van der Waals surface area contributed by atoms with Gasteiger partial charge in [-0.1, -0.05) is 12.8 Å². The summed E-state index contributed by atoms with van der Waals surface area (Å²) in [4.78, 5) is 12.2. The first-order chi connectivity index (χ1) is 8.61. The van der Waals surface area contributed by atoms with Gasteiger partial charge in [0, 0.05) is 11.6 Å². The van der Waals surface area contributed by atoms with Gasteiger partial charge in [0.25, 0.3) is 5.91 Å². The van der Waals surface area contributed by atoms with Crippen molar-refractivity contribution in [3.8, 4) is 0 Å². The molecule has 4 nitrogen and oxygen atoms in total. The van der Waals surface area contributed by atoms with Gasteiger partial charge >= 0.3 is 0 Å². The number of hydrogen-bond donors (Lipinski definition) is 2. The zero-order valence-corrected chi connectivity index (χ0v) is 12.4. The summed E-state index contributed by atoms with van der Waals surface area (Å²) in [5, 5.41) is 3.08. The van der Waals surface area contributed by atoms with Crippen LogP contribution in [0, 0.1) is 19.8 Å². The second kappa shape index (κ2) is 6.96. The Hall–Kier alpha value is -1.00. The fourth-order valence-corrected chi connectivity index (χ4v) is 2.78. The van der Waals surface area contributed by atoms with Crippen LogP contribution in [0.5, 0.6) is 0 Å². The number of halogens is 1. The van der Waals surface area contributed by atoms with Gasteiger partial charge in [0.15, 0.2) is 5.76 Å². The molecule has 0 bridgehead atoms. The van der Waals surface area contributed by atoms with Crippen LogP contribution in [0.1, 0.15) is 47.6 Å². The molecular formula is C14H23ClN2O2. The number of nitrogens with two attached hydrogens (primary N) is 1. The van der Waals surface area contributed by atoms with Gasteiger partial charge in [-0.15, -0.1) is 12.4 Å². The SMILES string of the molecule is Cc1cc(C)c(C(=O)NC2CCCCC2CN)o1.Cl. The van der Waals surface area contributed by atoms with E-state index in [1.54, 1.807) is 0 Å². The summed E-state index contributed by atoms with van der Waals surface area (Å²) in [6.45, 7) is 4.39. The summed E-state index contributed by atoms with van der Waals surface area (Å²) >= 11 is 0. The van der Waals surface area contributed by atoms with Crippen molar-refractivity contribution in [2.75, 3.05) is 6.54 Å². The van der Waals surface area contributed by atoms with Crippen molar-refractivity contribution in [2.24, 2.45) is 11.7 Å². The van der Waals surface area contributed by atoms with E-state index >= 15 is 0 Å². The van der Waals surface area contributed by atoms with E-state index in [1.807, 2.05) is 19.9 Å². The highest BCUT2D eigenvalue weighted by Gasteiger charge is 2.27. The van der Waals surface area contributed by atoms with E-state index in [-0.39, 0.29) is 24.4 Å². The molecule has 1 aliphatic rings. The molecule has 3 N–H and O–H groups in total. The molecule has 108 valence electrons. The fourth-order valence-electron chi connectivity index (χ4n) is 2.78. The Bertz CT molecular complexity index is 431. The lowest BCUT2D eigenvalue weighted by Gasteiger charge is -2.31. The smallest absolute Gasteiger partial charge is 0.287 e. The van der Waals surface area contributed by atoms with Crippen molar-refractivity contribution in [3.05, 3.63) is 23.2 Å². The van der Waals surface area contributed by atoms with Crippen molar-refractivity contribution < 1.29 is 9.21 Å². The maximum Gasteiger partial charge on any atom is 0.287 e. The van der Waals surface area contributed by atoms with Crippen molar-refractivity contribution in [1.82, 2.24) is 5.32 Å². The van der Waals surface area contributed by atoms with E-state index < -0.39 is 0 Å². The molecule has 1 saturated carbocycles. The lowest BCUT2D eigenvalue weighted by atomic mass is 9.84. The van der Waals surface area contributed by atoms with E-state index in [0.717, 1.165) is 30.6 Å². The van der Waals surface area contributed by atoms with Crippen LogP contribution in [0.2, 0.25) is 0 Å². The van der Waals surface area contributed by atoms with Gasteiger partial charge in [-0.3, -0.25) is 4.79 Å². The maximum atomic E-state index is 12.2. The second-order valence-corrected chi connectivity index (χ2v) is 5.23. The molecule has 1 aliphatic carbocycles. The number of carbonyl (C=O) groups excluding carboxylic acids is 1. The molecular weight excluding hydrogens is 264 g/mol. The largest absolute Gasteiger partial charge is 0.456 e. The molecule has 1 aromatic rings. The number of furan rings is 1. The van der Waals surface area contributed by atoms with Gasteiger partial charge in [-0.05, 0) is 45.2 Å². The van der Waals surface area contributed by atoms with Crippen molar-refractivity contribution >= 4 is 18.3 Å². The predicted octanol–water partition coefficient (Wildman–Crippen LogP) is 2.57. The van der Waals surface area contributed by atoms with E-state index in [2.05, 4.69) is 5.32 Å². The third kappa shape index (κ3) is 3.74. The second-order valence-electron chi connectivity index (χ2n) is 5.23.